The van der Waals surface area contributed by atoms with Gasteiger partial charge >= 0.3 is 0 Å². The second-order valence-electron chi connectivity index (χ2n) is 4.45. The summed E-state index contributed by atoms with van der Waals surface area (Å²) in [7, 11) is 1.78. The lowest BCUT2D eigenvalue weighted by Gasteiger charge is -2.14. The van der Waals surface area contributed by atoms with E-state index in [1.165, 1.54) is 6.07 Å². The Hall–Kier alpha value is -1.95. The first-order chi connectivity index (χ1) is 8.95. The molecule has 0 aliphatic heterocycles. The van der Waals surface area contributed by atoms with E-state index >= 15 is 0 Å². The fourth-order valence-electron chi connectivity index (χ4n) is 1.73. The lowest BCUT2D eigenvalue weighted by atomic mass is 10.0. The lowest BCUT2D eigenvalue weighted by molar-refractivity contribution is -0.385. The van der Waals surface area contributed by atoms with Gasteiger partial charge in [-0.2, -0.15) is 0 Å². The van der Waals surface area contributed by atoms with Crippen LogP contribution in [0, 0.1) is 17.0 Å². The first kappa shape index (κ1) is 15.1. The van der Waals surface area contributed by atoms with E-state index in [9.17, 15) is 14.9 Å². The van der Waals surface area contributed by atoms with Gasteiger partial charge in [0.25, 0.3) is 5.69 Å². The van der Waals surface area contributed by atoms with Crippen molar-refractivity contribution < 1.29 is 9.72 Å². The number of hydrogen-bond donors (Lipinski definition) is 2. The molecule has 6 heteroatoms. The minimum atomic E-state index is -0.408. The highest BCUT2D eigenvalue weighted by molar-refractivity contribution is 5.76. The van der Waals surface area contributed by atoms with Crippen LogP contribution in [0.15, 0.2) is 18.2 Å². The Labute approximate surface area is 112 Å². The molecule has 0 saturated carbocycles. The van der Waals surface area contributed by atoms with Gasteiger partial charge in [0.2, 0.25) is 5.91 Å². The van der Waals surface area contributed by atoms with Gasteiger partial charge in [-0.15, -0.1) is 0 Å². The van der Waals surface area contributed by atoms with Crippen molar-refractivity contribution in [1.29, 1.82) is 0 Å². The van der Waals surface area contributed by atoms with Crippen molar-refractivity contribution in [2.24, 2.45) is 0 Å². The van der Waals surface area contributed by atoms with Crippen molar-refractivity contribution >= 4 is 11.6 Å². The van der Waals surface area contributed by atoms with Crippen LogP contribution in [0.4, 0.5) is 5.69 Å². The first-order valence-corrected chi connectivity index (χ1v) is 6.14. The number of nitro benzene ring substituents is 1. The topological polar surface area (TPSA) is 84.3 Å². The Morgan fingerprint density at radius 2 is 2.16 bits per heavy atom. The van der Waals surface area contributed by atoms with Gasteiger partial charge in [-0.3, -0.25) is 14.9 Å². The largest absolute Gasteiger partial charge is 0.350 e. The first-order valence-electron chi connectivity index (χ1n) is 6.14. The quantitative estimate of drug-likeness (QED) is 0.605. The van der Waals surface area contributed by atoms with Crippen LogP contribution in [0.25, 0.3) is 0 Å². The summed E-state index contributed by atoms with van der Waals surface area (Å²) in [5, 5.41) is 16.6. The van der Waals surface area contributed by atoms with Gasteiger partial charge in [-0.1, -0.05) is 12.1 Å². The maximum absolute atomic E-state index is 11.6. The number of carbonyl (C=O) groups excluding carboxylic acids is 1. The standard InChI is InChI=1S/C13H19N3O3/c1-9-4-5-11(8-12(9)16(18)19)10(2)15-13(17)6-7-14-3/h4-5,8,10,14H,6-7H2,1-3H3,(H,15,17). The van der Waals surface area contributed by atoms with Crippen molar-refractivity contribution in [1.82, 2.24) is 10.6 Å². The molecular formula is C13H19N3O3. The molecule has 0 fully saturated rings. The van der Waals surface area contributed by atoms with Gasteiger partial charge in [0.05, 0.1) is 11.0 Å². The molecule has 0 aromatic heterocycles. The molecule has 1 rings (SSSR count). The van der Waals surface area contributed by atoms with Crippen LogP contribution in [0.1, 0.15) is 30.5 Å². The molecule has 19 heavy (non-hydrogen) atoms. The van der Waals surface area contributed by atoms with Crippen LogP contribution in [0.5, 0.6) is 0 Å². The predicted molar refractivity (Wildman–Crippen MR) is 72.9 cm³/mol. The van der Waals surface area contributed by atoms with E-state index in [-0.39, 0.29) is 17.6 Å². The Morgan fingerprint density at radius 3 is 2.74 bits per heavy atom. The SMILES string of the molecule is CNCCC(=O)NC(C)c1ccc(C)c([N+](=O)[O-])c1. The number of amides is 1. The van der Waals surface area contributed by atoms with Crippen molar-refractivity contribution in [3.8, 4) is 0 Å². The number of nitro groups is 1. The molecule has 0 saturated heterocycles. The summed E-state index contributed by atoms with van der Waals surface area (Å²) in [5.74, 6) is -0.0786. The Kier molecular flexibility index (Phi) is 5.44. The van der Waals surface area contributed by atoms with Gasteiger partial charge in [-0.05, 0) is 26.5 Å². The monoisotopic (exact) mass is 265 g/mol. The zero-order valence-electron chi connectivity index (χ0n) is 11.4. The molecule has 0 heterocycles. The van der Waals surface area contributed by atoms with Crippen molar-refractivity contribution in [3.63, 3.8) is 0 Å². The molecule has 1 aromatic carbocycles. The Bertz CT molecular complexity index is 474. The number of nitrogens with one attached hydrogen (secondary N) is 2. The van der Waals surface area contributed by atoms with Gasteiger partial charge in [0.15, 0.2) is 0 Å². The Morgan fingerprint density at radius 1 is 1.47 bits per heavy atom. The number of hydrogen-bond acceptors (Lipinski definition) is 4. The normalized spacial score (nSPS) is 11.9. The predicted octanol–water partition coefficient (Wildman–Crippen LogP) is 1.69. The van der Waals surface area contributed by atoms with Crippen LogP contribution in [-0.2, 0) is 4.79 Å². The second kappa shape index (κ2) is 6.84. The third kappa shape index (κ3) is 4.33. The summed E-state index contributed by atoms with van der Waals surface area (Å²) in [6.07, 6.45) is 0.384. The molecule has 104 valence electrons. The fourth-order valence-corrected chi connectivity index (χ4v) is 1.73. The number of benzene rings is 1. The molecule has 2 N–H and O–H groups in total. The van der Waals surface area contributed by atoms with Crippen LogP contribution >= 0.6 is 0 Å². The zero-order valence-corrected chi connectivity index (χ0v) is 11.4. The highest BCUT2D eigenvalue weighted by atomic mass is 16.6. The van der Waals surface area contributed by atoms with Crippen molar-refractivity contribution in [2.45, 2.75) is 26.3 Å². The molecule has 1 aromatic rings. The van der Waals surface area contributed by atoms with Crippen LogP contribution < -0.4 is 10.6 Å². The minimum absolute atomic E-state index is 0.0776. The summed E-state index contributed by atoms with van der Waals surface area (Å²) >= 11 is 0. The van der Waals surface area contributed by atoms with E-state index in [1.54, 1.807) is 26.1 Å². The highest BCUT2D eigenvalue weighted by Crippen LogP contribution is 2.23. The maximum Gasteiger partial charge on any atom is 0.272 e. The molecule has 0 bridgehead atoms. The molecule has 0 spiro atoms. The van der Waals surface area contributed by atoms with E-state index in [0.29, 0.717) is 18.5 Å². The van der Waals surface area contributed by atoms with Crippen LogP contribution in [0.2, 0.25) is 0 Å². The molecule has 0 aliphatic carbocycles. The highest BCUT2D eigenvalue weighted by Gasteiger charge is 2.15. The van der Waals surface area contributed by atoms with Gasteiger partial charge < -0.3 is 10.6 Å². The van der Waals surface area contributed by atoms with E-state index < -0.39 is 4.92 Å². The smallest absolute Gasteiger partial charge is 0.272 e. The van der Waals surface area contributed by atoms with Crippen LogP contribution in [0.3, 0.4) is 0 Å². The molecule has 0 aliphatic rings. The molecule has 1 atom stereocenters. The number of aryl methyl sites for hydroxylation is 1. The fraction of sp³-hybridized carbons (Fsp3) is 0.462. The summed E-state index contributed by atoms with van der Waals surface area (Å²) in [5.41, 5.74) is 1.42. The number of nitrogens with zero attached hydrogens (tertiary/aromatic N) is 1. The third-order valence-electron chi connectivity index (χ3n) is 2.91. The summed E-state index contributed by atoms with van der Waals surface area (Å²) in [4.78, 5) is 22.0. The number of rotatable bonds is 6. The van der Waals surface area contributed by atoms with E-state index in [4.69, 9.17) is 0 Å². The zero-order chi connectivity index (χ0) is 14.4. The van der Waals surface area contributed by atoms with E-state index in [1.807, 2.05) is 6.92 Å². The second-order valence-corrected chi connectivity index (χ2v) is 4.45. The Balaban J connectivity index is 2.77. The summed E-state index contributed by atoms with van der Waals surface area (Å²) in [6.45, 7) is 4.11. The average Bonchev–Trinajstić information content (AvgIpc) is 2.36. The third-order valence-corrected chi connectivity index (χ3v) is 2.91. The van der Waals surface area contributed by atoms with Gasteiger partial charge in [-0.25, -0.2) is 0 Å². The van der Waals surface area contributed by atoms with Crippen molar-refractivity contribution in [2.75, 3.05) is 13.6 Å². The van der Waals surface area contributed by atoms with E-state index in [0.717, 1.165) is 5.56 Å². The molecule has 6 nitrogen and oxygen atoms in total. The minimum Gasteiger partial charge on any atom is -0.350 e. The van der Waals surface area contributed by atoms with Gasteiger partial charge in [0.1, 0.15) is 0 Å². The van der Waals surface area contributed by atoms with Gasteiger partial charge in [0, 0.05) is 24.6 Å². The van der Waals surface area contributed by atoms with Crippen molar-refractivity contribution in [3.05, 3.63) is 39.4 Å². The summed E-state index contributed by atoms with van der Waals surface area (Å²) in [6, 6.07) is 4.76. The molecule has 1 unspecified atom stereocenters. The number of carbonyl (C=O) groups is 1. The van der Waals surface area contributed by atoms with Crippen LogP contribution in [-0.4, -0.2) is 24.4 Å². The lowest BCUT2D eigenvalue weighted by Crippen LogP contribution is -2.29. The summed E-state index contributed by atoms with van der Waals surface area (Å²) < 4.78 is 0. The molecular weight excluding hydrogens is 246 g/mol. The molecule has 0 radical (unpaired) electrons. The molecule has 1 amide bonds. The van der Waals surface area contributed by atoms with E-state index in [2.05, 4.69) is 10.6 Å². The average molecular weight is 265 g/mol. The maximum atomic E-state index is 11.6.